The van der Waals surface area contributed by atoms with Gasteiger partial charge in [0.15, 0.2) is 17.5 Å². The number of nitrogens with zero attached hydrogens (tertiary/aromatic N) is 4. The number of hydrogen-bond acceptors (Lipinski definition) is 5. The van der Waals surface area contributed by atoms with Gasteiger partial charge in [0.25, 0.3) is 0 Å². The first-order valence-electron chi connectivity index (χ1n) is 23.7. The monoisotopic (exact) mass is 1190 g/mol. The second kappa shape index (κ2) is 22.7. The molecule has 6 nitrogen and oxygen atoms in total. The van der Waals surface area contributed by atoms with Crippen molar-refractivity contribution in [3.63, 3.8) is 0 Å². The van der Waals surface area contributed by atoms with Gasteiger partial charge in [-0.3, -0.25) is 0 Å². The zero-order chi connectivity index (χ0) is 51.3. The molecule has 0 aliphatic rings. The average molecular weight is 1190 g/mol. The molecule has 4 heterocycles. The van der Waals surface area contributed by atoms with E-state index in [1.54, 1.807) is 0 Å². The van der Waals surface area contributed by atoms with Crippen LogP contribution in [-0.2, 0) is 0 Å². The predicted molar refractivity (Wildman–Crippen MR) is 358 cm³/mol. The fraction of sp³-hybridized carbons (Fsp3) is 0. The van der Waals surface area contributed by atoms with Crippen molar-refractivity contribution in [1.82, 2.24) is 19.5 Å². The molecule has 0 aliphatic carbocycles. The number of para-hydroxylation sites is 2. The van der Waals surface area contributed by atoms with E-state index in [2.05, 4.69) is 219 Å². The van der Waals surface area contributed by atoms with Gasteiger partial charge >= 0.3 is 0 Å². The molecule has 0 spiro atoms. The highest BCUT2D eigenvalue weighted by atomic mass is 33.3. The molecular formula is C57H48N4O2P12. The maximum Gasteiger partial charge on any atom is 0.164 e. The third kappa shape index (κ3) is 10.4. The average Bonchev–Trinajstić information content (AvgIpc) is 4.13. The Bertz CT molecular complexity index is 4170. The van der Waals surface area contributed by atoms with Crippen LogP contribution in [0.5, 0.6) is 0 Å². The number of fused-ring (bicyclic) bond motifs is 9. The van der Waals surface area contributed by atoms with E-state index in [9.17, 15) is 0 Å². The highest BCUT2D eigenvalue weighted by molar-refractivity contribution is 9.21. The lowest BCUT2D eigenvalue weighted by Crippen LogP contribution is -2.01. The summed E-state index contributed by atoms with van der Waals surface area (Å²) in [5.41, 5.74) is 13.8. The van der Waals surface area contributed by atoms with Gasteiger partial charge in [-0.05, 0) is 130 Å². The van der Waals surface area contributed by atoms with Crippen molar-refractivity contribution in [3.8, 4) is 62.1 Å². The van der Waals surface area contributed by atoms with Gasteiger partial charge in [-0.15, -0.1) is 62.5 Å². The van der Waals surface area contributed by atoms with Gasteiger partial charge < -0.3 is 13.4 Å². The van der Waals surface area contributed by atoms with Crippen LogP contribution in [0.4, 0.5) is 0 Å². The molecule has 8 unspecified atom stereocenters. The van der Waals surface area contributed by atoms with Crippen molar-refractivity contribution in [2.45, 2.75) is 0 Å². The SMILES string of the molecule is PP(P)P(P)P(P(P)P)P(P)P.c1ccc(-c2ccc3oc4cccc(-c5ccc6oc7cccc(-c8nc(-c9ccccc9)nc(-c9ccc(-n%10c%11ccccc%11c%11ccccc%11%10)cc9)n8)c7c6c5)c4c3c2)cc1. The highest BCUT2D eigenvalue weighted by Crippen LogP contribution is 3.16. The fourth-order valence-electron chi connectivity index (χ4n) is 9.78. The van der Waals surface area contributed by atoms with E-state index in [1.165, 1.54) is 16.3 Å². The van der Waals surface area contributed by atoms with Gasteiger partial charge in [-0.1, -0.05) is 133 Å². The Balaban J connectivity index is 0.000000425. The summed E-state index contributed by atoms with van der Waals surface area (Å²) in [6.07, 6.45) is 0. The summed E-state index contributed by atoms with van der Waals surface area (Å²) in [4.78, 5) is 15.5. The second-order valence-corrected chi connectivity index (χ2v) is 62.6. The number of rotatable bonds is 10. The third-order valence-corrected chi connectivity index (χ3v) is 79.8. The summed E-state index contributed by atoms with van der Waals surface area (Å²) in [6, 6.07) is 71.5. The lowest BCUT2D eigenvalue weighted by atomic mass is 9.96. The normalized spacial score (nSPS) is 12.4. The Morgan fingerprint density at radius 2 is 0.787 bits per heavy atom. The molecule has 13 rings (SSSR count). The molecule has 18 heteroatoms. The molecule has 0 aliphatic heterocycles. The lowest BCUT2D eigenvalue weighted by molar-refractivity contribution is 0.669. The number of furan rings is 2. The van der Waals surface area contributed by atoms with Crippen molar-refractivity contribution in [3.05, 3.63) is 206 Å². The first-order valence-corrected chi connectivity index (χ1v) is 44.6. The van der Waals surface area contributed by atoms with Crippen LogP contribution in [0.3, 0.4) is 0 Å². The van der Waals surface area contributed by atoms with Crippen LogP contribution in [0.25, 0.3) is 128 Å². The maximum atomic E-state index is 6.56. The van der Waals surface area contributed by atoms with Gasteiger partial charge in [0.2, 0.25) is 0 Å². The van der Waals surface area contributed by atoms with Crippen LogP contribution in [0.2, 0.25) is 0 Å². The molecule has 4 aromatic heterocycles. The first kappa shape index (κ1) is 52.3. The zero-order valence-electron chi connectivity index (χ0n) is 40.0. The van der Waals surface area contributed by atoms with Crippen LogP contribution in [0, 0.1) is 0 Å². The van der Waals surface area contributed by atoms with Gasteiger partial charge in [-0.2, -0.15) is 0 Å². The van der Waals surface area contributed by atoms with E-state index in [-0.39, 0.29) is 34.9 Å². The van der Waals surface area contributed by atoms with Crippen molar-refractivity contribution in [2.75, 3.05) is 0 Å². The Morgan fingerprint density at radius 3 is 1.33 bits per heavy atom. The summed E-state index contributed by atoms with van der Waals surface area (Å²) in [5, 5.41) is 6.54. The minimum absolute atomic E-state index is 0.103. The Morgan fingerprint density at radius 1 is 0.333 bits per heavy atom. The van der Waals surface area contributed by atoms with E-state index >= 15 is 0 Å². The minimum Gasteiger partial charge on any atom is -0.456 e. The first-order chi connectivity index (χ1) is 36.6. The van der Waals surface area contributed by atoms with Gasteiger partial charge in [0, 0.05) is 54.7 Å². The van der Waals surface area contributed by atoms with E-state index in [4.69, 9.17) is 23.8 Å². The third-order valence-electron chi connectivity index (χ3n) is 13.1. The standard InChI is InChI=1S/C57H34N4O2.H14P12/c1-3-13-35(14-4-1)38-27-31-49-45(33-38)53-41(19-11-23-51(53)62-49)39-28-32-50-46(34-39)54-44(20-12-24-52(54)63-50)57-59-55(36-15-5-2-6-16-36)58-56(60-57)37-25-29-40(30-26-37)61-47-21-9-7-17-42(47)43-18-8-10-22-48(43)61;1-8(2)11(7)12(9(3)4)10(5)6/h1-34H;1-7H2. The Hall–Kier alpha value is -3.45. The molecular weight excluding hydrogens is 1140 g/mol. The van der Waals surface area contributed by atoms with E-state index < -0.39 is 0 Å². The number of aromatic nitrogens is 4. The summed E-state index contributed by atoms with van der Waals surface area (Å²) in [7, 11) is 21.0. The molecule has 0 radical (unpaired) electrons. The van der Waals surface area contributed by atoms with Crippen LogP contribution in [0.15, 0.2) is 215 Å². The Kier molecular flexibility index (Phi) is 15.8. The van der Waals surface area contributed by atoms with E-state index in [0.29, 0.717) is 17.5 Å². The molecule has 0 amide bonds. The maximum absolute atomic E-state index is 6.56. The molecule has 0 bridgehead atoms. The van der Waals surface area contributed by atoms with Crippen LogP contribution < -0.4 is 0 Å². The summed E-state index contributed by atoms with van der Waals surface area (Å²) in [6.45, 7) is 0.700. The molecule has 8 atom stereocenters. The minimum atomic E-state index is 0.103. The number of benzene rings is 9. The van der Waals surface area contributed by atoms with Gasteiger partial charge in [0.1, 0.15) is 22.3 Å². The molecule has 0 N–H and O–H groups in total. The van der Waals surface area contributed by atoms with Crippen molar-refractivity contribution in [2.24, 2.45) is 0 Å². The quantitative estimate of drug-likeness (QED) is 0.128. The highest BCUT2D eigenvalue weighted by Gasteiger charge is 2.27. The van der Waals surface area contributed by atoms with Crippen molar-refractivity contribution < 1.29 is 8.83 Å². The molecule has 0 saturated heterocycles. The van der Waals surface area contributed by atoms with Crippen molar-refractivity contribution in [1.29, 1.82) is 0 Å². The van der Waals surface area contributed by atoms with Crippen molar-refractivity contribution >= 4 is 163 Å². The largest absolute Gasteiger partial charge is 0.456 e. The molecule has 0 saturated carbocycles. The van der Waals surface area contributed by atoms with Crippen LogP contribution in [0.1, 0.15) is 0 Å². The molecule has 9 aromatic carbocycles. The summed E-state index contributed by atoms with van der Waals surface area (Å²) < 4.78 is 15.3. The number of hydrogen-bond donors (Lipinski definition) is 0. The predicted octanol–water partition coefficient (Wildman–Crippen LogP) is 21.7. The van der Waals surface area contributed by atoms with E-state index in [1.807, 2.05) is 54.6 Å². The smallest absolute Gasteiger partial charge is 0.164 e. The Labute approximate surface area is 456 Å². The second-order valence-electron chi connectivity index (χ2n) is 17.7. The van der Waals surface area contributed by atoms with Crippen LogP contribution >= 0.6 is 97.4 Å². The zero-order valence-corrected chi connectivity index (χ0v) is 52.6. The molecule has 0 fully saturated rings. The fourth-order valence-corrected chi connectivity index (χ4v) is 112. The van der Waals surface area contributed by atoms with E-state index in [0.717, 1.165) is 94.0 Å². The summed E-state index contributed by atoms with van der Waals surface area (Å²) >= 11 is 0. The summed E-state index contributed by atoms with van der Waals surface area (Å²) in [5.74, 6) is 1.76. The lowest BCUT2D eigenvalue weighted by Gasteiger charge is -2.32. The molecule has 368 valence electrons. The van der Waals surface area contributed by atoms with Gasteiger partial charge in [0.05, 0.1) is 11.0 Å². The van der Waals surface area contributed by atoms with Crippen LogP contribution in [-0.4, -0.2) is 19.5 Å². The topological polar surface area (TPSA) is 69.9 Å². The molecule has 75 heavy (non-hydrogen) atoms. The molecule has 13 aromatic rings. The van der Waals surface area contributed by atoms with Gasteiger partial charge in [-0.25, -0.2) is 15.0 Å².